The van der Waals surface area contributed by atoms with E-state index in [1.807, 2.05) is 0 Å². The molecule has 1 fully saturated rings. The van der Waals surface area contributed by atoms with Gasteiger partial charge in [0.05, 0.1) is 6.61 Å². The van der Waals surface area contributed by atoms with Crippen LogP contribution in [0.15, 0.2) is 18.2 Å². The van der Waals surface area contributed by atoms with Crippen LogP contribution in [0.3, 0.4) is 0 Å². The van der Waals surface area contributed by atoms with Crippen molar-refractivity contribution in [3.05, 3.63) is 34.9 Å². The predicted octanol–water partition coefficient (Wildman–Crippen LogP) is 1.67. The third-order valence-corrected chi connectivity index (χ3v) is 3.05. The maximum atomic E-state index is 5.41. The van der Waals surface area contributed by atoms with Crippen LogP contribution in [-0.2, 0) is 16.1 Å². The van der Waals surface area contributed by atoms with Crippen molar-refractivity contribution < 1.29 is 9.68 Å². The molecule has 1 aromatic carbocycles. The van der Waals surface area contributed by atoms with Crippen LogP contribution in [0.2, 0.25) is 0 Å². The van der Waals surface area contributed by atoms with Crippen molar-refractivity contribution in [3.8, 4) is 0 Å². The first-order valence-electron chi connectivity index (χ1n) is 4.96. The van der Waals surface area contributed by atoms with Gasteiger partial charge in [-0.2, -0.15) is 0 Å². The van der Waals surface area contributed by atoms with E-state index in [1.165, 1.54) is 16.7 Å². The smallest absolute Gasteiger partial charge is 0.112 e. The molecule has 0 radical (unpaired) electrons. The SMILES string of the molecule is Cc1ccc2c(c1)[C@H]1ONOC[C@H]1C2. The van der Waals surface area contributed by atoms with E-state index in [4.69, 9.17) is 9.68 Å². The third kappa shape index (κ3) is 1.17. The molecule has 3 rings (SSSR count). The molecule has 1 saturated heterocycles. The zero-order valence-corrected chi connectivity index (χ0v) is 8.12. The second-order valence-corrected chi connectivity index (χ2v) is 4.10. The molecule has 1 heterocycles. The molecular weight excluding hydrogens is 178 g/mol. The minimum atomic E-state index is 0.179. The normalized spacial score (nSPS) is 29.8. The maximum absolute atomic E-state index is 5.41. The molecule has 0 bridgehead atoms. The molecule has 1 aliphatic heterocycles. The minimum Gasteiger partial charge on any atom is -0.276 e. The van der Waals surface area contributed by atoms with E-state index in [2.05, 4.69) is 30.8 Å². The highest BCUT2D eigenvalue weighted by Crippen LogP contribution is 2.40. The molecule has 0 amide bonds. The molecule has 3 nitrogen and oxygen atoms in total. The first-order valence-corrected chi connectivity index (χ1v) is 4.96. The molecule has 0 unspecified atom stereocenters. The zero-order chi connectivity index (χ0) is 9.54. The van der Waals surface area contributed by atoms with E-state index >= 15 is 0 Å². The Hall–Kier alpha value is -0.900. The largest absolute Gasteiger partial charge is 0.276 e. The Bertz CT molecular complexity index is 364. The Morgan fingerprint density at radius 3 is 3.29 bits per heavy atom. The molecule has 2 aliphatic rings. The maximum Gasteiger partial charge on any atom is 0.112 e. The molecule has 74 valence electrons. The third-order valence-electron chi connectivity index (χ3n) is 3.05. The lowest BCUT2D eigenvalue weighted by atomic mass is 10.0. The standard InChI is InChI=1S/C11H13NO2/c1-7-2-3-8-5-9-6-13-12-14-11(9)10(8)4-7/h2-4,9,11-12H,5-6H2,1H3/t9-,11+/m1/s1. The summed E-state index contributed by atoms with van der Waals surface area (Å²) in [6, 6.07) is 6.57. The van der Waals surface area contributed by atoms with Gasteiger partial charge in [-0.15, -0.1) is 0 Å². The van der Waals surface area contributed by atoms with Crippen LogP contribution in [-0.4, -0.2) is 6.61 Å². The van der Waals surface area contributed by atoms with E-state index in [0.717, 1.165) is 13.0 Å². The van der Waals surface area contributed by atoms with E-state index < -0.39 is 0 Å². The van der Waals surface area contributed by atoms with E-state index in [9.17, 15) is 0 Å². The van der Waals surface area contributed by atoms with E-state index in [0.29, 0.717) is 5.92 Å². The average Bonchev–Trinajstić information content (AvgIpc) is 2.56. The molecule has 0 saturated carbocycles. The number of fused-ring (bicyclic) bond motifs is 3. The van der Waals surface area contributed by atoms with E-state index in [1.54, 1.807) is 0 Å². The van der Waals surface area contributed by atoms with Gasteiger partial charge in [-0.05, 0) is 24.5 Å². The number of benzene rings is 1. The molecule has 1 aliphatic carbocycles. The number of hydrogen-bond donors (Lipinski definition) is 1. The first kappa shape index (κ1) is 8.41. The Morgan fingerprint density at radius 1 is 1.43 bits per heavy atom. The molecule has 0 spiro atoms. The molecule has 14 heavy (non-hydrogen) atoms. The predicted molar refractivity (Wildman–Crippen MR) is 51.3 cm³/mol. The van der Waals surface area contributed by atoms with Gasteiger partial charge in [-0.1, -0.05) is 29.4 Å². The van der Waals surface area contributed by atoms with Crippen LogP contribution < -0.4 is 5.64 Å². The van der Waals surface area contributed by atoms with Gasteiger partial charge in [0.25, 0.3) is 0 Å². The molecule has 1 N–H and O–H groups in total. The van der Waals surface area contributed by atoms with Gasteiger partial charge < -0.3 is 0 Å². The summed E-state index contributed by atoms with van der Waals surface area (Å²) in [5, 5.41) is 0. The van der Waals surface area contributed by atoms with Crippen molar-refractivity contribution in [2.75, 3.05) is 6.61 Å². The Morgan fingerprint density at radius 2 is 2.36 bits per heavy atom. The summed E-state index contributed by atoms with van der Waals surface area (Å²) in [4.78, 5) is 10.5. The highest BCUT2D eigenvalue weighted by Gasteiger charge is 2.36. The number of nitrogens with one attached hydrogen (secondary N) is 1. The molecular formula is C11H13NO2. The zero-order valence-electron chi connectivity index (χ0n) is 8.12. The highest BCUT2D eigenvalue weighted by molar-refractivity contribution is 5.38. The van der Waals surface area contributed by atoms with Gasteiger partial charge in [-0.3, -0.25) is 9.68 Å². The summed E-state index contributed by atoms with van der Waals surface area (Å²) in [7, 11) is 0. The topological polar surface area (TPSA) is 30.5 Å². The summed E-state index contributed by atoms with van der Waals surface area (Å²) >= 11 is 0. The highest BCUT2D eigenvalue weighted by atomic mass is 16.9. The Labute approximate surface area is 82.9 Å². The fourth-order valence-electron chi connectivity index (χ4n) is 2.34. The van der Waals surface area contributed by atoms with Crippen LogP contribution in [0.4, 0.5) is 0 Å². The summed E-state index contributed by atoms with van der Waals surface area (Å²) in [5.74, 6) is 0.480. The number of rotatable bonds is 0. The van der Waals surface area contributed by atoms with Crippen LogP contribution in [0.5, 0.6) is 0 Å². The van der Waals surface area contributed by atoms with Gasteiger partial charge >= 0.3 is 0 Å². The average molecular weight is 191 g/mol. The van der Waals surface area contributed by atoms with Crippen molar-refractivity contribution in [1.29, 1.82) is 0 Å². The summed E-state index contributed by atoms with van der Waals surface area (Å²) in [6.07, 6.45) is 1.25. The van der Waals surface area contributed by atoms with E-state index in [-0.39, 0.29) is 6.10 Å². The van der Waals surface area contributed by atoms with Gasteiger partial charge in [0.15, 0.2) is 0 Å². The number of hydrogen-bond acceptors (Lipinski definition) is 3. The fraction of sp³-hybridized carbons (Fsp3) is 0.455. The lowest BCUT2D eigenvalue weighted by Gasteiger charge is -2.25. The summed E-state index contributed by atoms with van der Waals surface area (Å²) in [6.45, 7) is 2.85. The van der Waals surface area contributed by atoms with Crippen LogP contribution in [0.1, 0.15) is 22.8 Å². The Balaban J connectivity index is 2.02. The van der Waals surface area contributed by atoms with Crippen LogP contribution in [0.25, 0.3) is 0 Å². The molecule has 3 heteroatoms. The van der Waals surface area contributed by atoms with Crippen molar-refractivity contribution >= 4 is 0 Å². The van der Waals surface area contributed by atoms with Gasteiger partial charge in [0.1, 0.15) is 6.10 Å². The summed E-state index contributed by atoms with van der Waals surface area (Å²) in [5.41, 5.74) is 6.53. The van der Waals surface area contributed by atoms with Crippen molar-refractivity contribution in [1.82, 2.24) is 5.64 Å². The fourth-order valence-corrected chi connectivity index (χ4v) is 2.34. The lowest BCUT2D eigenvalue weighted by molar-refractivity contribution is -0.260. The second-order valence-electron chi connectivity index (χ2n) is 4.10. The molecule has 1 aromatic rings. The van der Waals surface area contributed by atoms with Crippen molar-refractivity contribution in [3.63, 3.8) is 0 Å². The van der Waals surface area contributed by atoms with Gasteiger partial charge in [0.2, 0.25) is 0 Å². The van der Waals surface area contributed by atoms with Gasteiger partial charge in [-0.25, -0.2) is 0 Å². The molecule has 0 aromatic heterocycles. The summed E-state index contributed by atoms with van der Waals surface area (Å²) < 4.78 is 0. The monoisotopic (exact) mass is 191 g/mol. The van der Waals surface area contributed by atoms with Crippen molar-refractivity contribution in [2.24, 2.45) is 5.92 Å². The minimum absolute atomic E-state index is 0.179. The first-order chi connectivity index (χ1) is 6.84. The van der Waals surface area contributed by atoms with Crippen LogP contribution >= 0.6 is 0 Å². The Kier molecular flexibility index (Phi) is 1.83. The molecule has 2 atom stereocenters. The second kappa shape index (κ2) is 3.05. The van der Waals surface area contributed by atoms with Crippen molar-refractivity contribution in [2.45, 2.75) is 19.4 Å². The lowest BCUT2D eigenvalue weighted by Crippen LogP contribution is -2.32. The quantitative estimate of drug-likeness (QED) is 0.676. The van der Waals surface area contributed by atoms with Crippen LogP contribution in [0, 0.1) is 12.8 Å². The van der Waals surface area contributed by atoms with Gasteiger partial charge in [0, 0.05) is 5.92 Å². The number of aryl methyl sites for hydroxylation is 1.